The van der Waals surface area contributed by atoms with Crippen molar-refractivity contribution in [2.45, 2.75) is 39.7 Å². The molecule has 0 aromatic rings. The largest absolute Gasteiger partial charge is 0.313 e. The number of rotatable bonds is 7. The molecule has 0 bridgehead atoms. The summed E-state index contributed by atoms with van der Waals surface area (Å²) in [7, 11) is 0. The van der Waals surface area contributed by atoms with Crippen LogP contribution in [0.1, 0.15) is 35.0 Å². The molecular weight excluding hydrogens is 260 g/mol. The quantitative estimate of drug-likeness (QED) is 0.770. The highest BCUT2D eigenvalue weighted by Gasteiger charge is 2.23. The maximum absolute atomic E-state index is 3.52. The van der Waals surface area contributed by atoms with Gasteiger partial charge in [-0.05, 0) is 38.4 Å². The SMILES string of the molecule is CCN1CCN(CC2CCN(CCNC(C)C)CC2)CC1.[HH]. The van der Waals surface area contributed by atoms with E-state index < -0.39 is 0 Å². The van der Waals surface area contributed by atoms with E-state index in [-0.39, 0.29) is 1.43 Å². The van der Waals surface area contributed by atoms with E-state index >= 15 is 0 Å². The fraction of sp³-hybridized carbons (Fsp3) is 1.00. The smallest absolute Gasteiger partial charge is 0.0110 e. The van der Waals surface area contributed by atoms with Crippen LogP contribution in [0.2, 0.25) is 0 Å². The fourth-order valence-electron chi connectivity index (χ4n) is 3.56. The Labute approximate surface area is 133 Å². The molecule has 2 aliphatic heterocycles. The van der Waals surface area contributed by atoms with Crippen molar-refractivity contribution in [2.75, 3.05) is 65.4 Å². The minimum absolute atomic E-state index is 0. The lowest BCUT2D eigenvalue weighted by Crippen LogP contribution is -2.48. The molecule has 0 aliphatic carbocycles. The molecule has 2 heterocycles. The van der Waals surface area contributed by atoms with E-state index in [0.717, 1.165) is 12.5 Å². The van der Waals surface area contributed by atoms with Crippen molar-refractivity contribution in [3.8, 4) is 0 Å². The van der Waals surface area contributed by atoms with E-state index in [1.807, 2.05) is 0 Å². The van der Waals surface area contributed by atoms with E-state index in [9.17, 15) is 0 Å². The van der Waals surface area contributed by atoms with Gasteiger partial charge in [0.05, 0.1) is 0 Å². The number of piperazine rings is 1. The zero-order valence-electron chi connectivity index (χ0n) is 14.5. The summed E-state index contributed by atoms with van der Waals surface area (Å²) >= 11 is 0. The second-order valence-corrected chi connectivity index (χ2v) is 7.13. The van der Waals surface area contributed by atoms with Crippen LogP contribution in [-0.4, -0.2) is 86.2 Å². The number of hydrogen-bond donors (Lipinski definition) is 1. The second-order valence-electron chi connectivity index (χ2n) is 7.13. The summed E-state index contributed by atoms with van der Waals surface area (Å²) in [5.74, 6) is 0.937. The van der Waals surface area contributed by atoms with Crippen LogP contribution in [0.4, 0.5) is 0 Å². The summed E-state index contributed by atoms with van der Waals surface area (Å²) in [4.78, 5) is 7.91. The fourth-order valence-corrected chi connectivity index (χ4v) is 3.56. The number of likely N-dealkylation sites (tertiary alicyclic amines) is 1. The molecule has 1 N–H and O–H groups in total. The average Bonchev–Trinajstić information content (AvgIpc) is 2.49. The first-order chi connectivity index (χ1) is 10.2. The first-order valence-electron chi connectivity index (χ1n) is 9.07. The summed E-state index contributed by atoms with van der Waals surface area (Å²) in [5, 5.41) is 3.52. The molecule has 21 heavy (non-hydrogen) atoms. The number of likely N-dealkylation sites (N-methyl/N-ethyl adjacent to an activating group) is 1. The van der Waals surface area contributed by atoms with Crippen molar-refractivity contribution in [1.29, 1.82) is 0 Å². The normalized spacial score (nSPS) is 24.0. The Morgan fingerprint density at radius 2 is 1.57 bits per heavy atom. The highest BCUT2D eigenvalue weighted by atomic mass is 15.3. The molecule has 2 saturated heterocycles. The molecule has 4 nitrogen and oxygen atoms in total. The van der Waals surface area contributed by atoms with E-state index in [1.54, 1.807) is 0 Å². The van der Waals surface area contributed by atoms with Crippen LogP contribution in [0.5, 0.6) is 0 Å². The maximum Gasteiger partial charge on any atom is 0.0110 e. The summed E-state index contributed by atoms with van der Waals surface area (Å²) in [6.45, 7) is 19.4. The number of piperidine rings is 1. The monoisotopic (exact) mass is 298 g/mol. The van der Waals surface area contributed by atoms with Crippen molar-refractivity contribution >= 4 is 0 Å². The molecule has 0 spiro atoms. The van der Waals surface area contributed by atoms with Crippen molar-refractivity contribution in [3.05, 3.63) is 0 Å². The van der Waals surface area contributed by atoms with Crippen molar-refractivity contribution in [1.82, 2.24) is 20.0 Å². The molecule has 0 aromatic carbocycles. The molecule has 2 rings (SSSR count). The maximum atomic E-state index is 3.52. The highest BCUT2D eigenvalue weighted by molar-refractivity contribution is 4.78. The van der Waals surface area contributed by atoms with Gasteiger partial charge in [-0.3, -0.25) is 0 Å². The molecule has 0 saturated carbocycles. The van der Waals surface area contributed by atoms with Crippen LogP contribution in [0.15, 0.2) is 0 Å². The Balaban J connectivity index is 0.00000242. The summed E-state index contributed by atoms with van der Waals surface area (Å²) in [6.07, 6.45) is 2.80. The highest BCUT2D eigenvalue weighted by Crippen LogP contribution is 2.18. The van der Waals surface area contributed by atoms with Crippen molar-refractivity contribution in [2.24, 2.45) is 5.92 Å². The van der Waals surface area contributed by atoms with Crippen molar-refractivity contribution in [3.63, 3.8) is 0 Å². The Morgan fingerprint density at radius 3 is 2.14 bits per heavy atom. The predicted octanol–water partition coefficient (Wildman–Crippen LogP) is 1.58. The van der Waals surface area contributed by atoms with Gasteiger partial charge < -0.3 is 20.0 Å². The van der Waals surface area contributed by atoms with Gasteiger partial charge in [-0.25, -0.2) is 0 Å². The second kappa shape index (κ2) is 9.09. The van der Waals surface area contributed by atoms with Gasteiger partial charge in [-0.1, -0.05) is 20.8 Å². The predicted molar refractivity (Wildman–Crippen MR) is 93.0 cm³/mol. The van der Waals surface area contributed by atoms with E-state index in [4.69, 9.17) is 0 Å². The molecule has 0 aromatic heterocycles. The van der Waals surface area contributed by atoms with Crippen LogP contribution >= 0.6 is 0 Å². The van der Waals surface area contributed by atoms with Gasteiger partial charge in [0.25, 0.3) is 0 Å². The minimum Gasteiger partial charge on any atom is -0.313 e. The minimum atomic E-state index is 0. The first kappa shape index (κ1) is 17.2. The zero-order valence-corrected chi connectivity index (χ0v) is 14.5. The first-order valence-corrected chi connectivity index (χ1v) is 9.07. The third-order valence-corrected chi connectivity index (χ3v) is 5.12. The average molecular weight is 299 g/mol. The lowest BCUT2D eigenvalue weighted by Gasteiger charge is -2.38. The van der Waals surface area contributed by atoms with Crippen LogP contribution in [0.25, 0.3) is 0 Å². The van der Waals surface area contributed by atoms with Gasteiger partial charge in [0.1, 0.15) is 0 Å². The summed E-state index contributed by atoms with van der Waals surface area (Å²) in [5.41, 5.74) is 0. The van der Waals surface area contributed by atoms with E-state index in [0.29, 0.717) is 6.04 Å². The molecule has 126 valence electrons. The van der Waals surface area contributed by atoms with Crippen LogP contribution in [0, 0.1) is 5.92 Å². The Bertz CT molecular complexity index is 272. The third kappa shape index (κ3) is 6.23. The topological polar surface area (TPSA) is 21.8 Å². The van der Waals surface area contributed by atoms with Crippen LogP contribution < -0.4 is 5.32 Å². The third-order valence-electron chi connectivity index (χ3n) is 5.12. The van der Waals surface area contributed by atoms with E-state index in [1.165, 1.54) is 71.7 Å². The Hall–Kier alpha value is -0.160. The molecule has 0 amide bonds. The molecule has 0 atom stereocenters. The lowest BCUT2D eigenvalue weighted by atomic mass is 9.96. The van der Waals surface area contributed by atoms with Gasteiger partial charge in [0.2, 0.25) is 0 Å². The summed E-state index contributed by atoms with van der Waals surface area (Å²) < 4.78 is 0. The molecule has 0 radical (unpaired) electrons. The molecule has 4 heteroatoms. The van der Waals surface area contributed by atoms with Gasteiger partial charge in [-0.15, -0.1) is 0 Å². The van der Waals surface area contributed by atoms with Gasteiger partial charge in [-0.2, -0.15) is 0 Å². The number of nitrogens with one attached hydrogen (secondary N) is 1. The Morgan fingerprint density at radius 1 is 0.952 bits per heavy atom. The standard InChI is InChI=1S/C17H36N4.H2/c1-4-19-11-13-21(14-12-19)15-17-5-8-20(9-6-17)10-7-18-16(2)3;/h16-18H,4-15H2,1-3H3;1H. The van der Waals surface area contributed by atoms with Gasteiger partial charge in [0.15, 0.2) is 0 Å². The van der Waals surface area contributed by atoms with Gasteiger partial charge >= 0.3 is 0 Å². The van der Waals surface area contributed by atoms with E-state index in [2.05, 4.69) is 40.8 Å². The molecule has 2 fully saturated rings. The molecule has 2 aliphatic rings. The van der Waals surface area contributed by atoms with Crippen LogP contribution in [-0.2, 0) is 0 Å². The molecular formula is C17H38N4. The number of hydrogen-bond acceptors (Lipinski definition) is 4. The molecule has 0 unspecified atom stereocenters. The lowest BCUT2D eigenvalue weighted by molar-refractivity contribution is 0.0977. The number of nitrogens with zero attached hydrogens (tertiary/aromatic N) is 3. The van der Waals surface area contributed by atoms with Gasteiger partial charge in [0, 0.05) is 53.3 Å². The summed E-state index contributed by atoms with van der Waals surface area (Å²) in [6, 6.07) is 0.615. The zero-order chi connectivity index (χ0) is 15.1. The van der Waals surface area contributed by atoms with Crippen molar-refractivity contribution < 1.29 is 1.43 Å². The Kier molecular flexibility index (Phi) is 7.44. The van der Waals surface area contributed by atoms with Crippen LogP contribution in [0.3, 0.4) is 0 Å².